The van der Waals surface area contributed by atoms with Crippen LogP contribution in [-0.2, 0) is 11.3 Å². The predicted molar refractivity (Wildman–Crippen MR) is 109 cm³/mol. The molecular formula is C20H31ClN4O2. The Bertz CT molecular complexity index is 612. The van der Waals surface area contributed by atoms with E-state index in [0.29, 0.717) is 12.6 Å². The zero-order valence-electron chi connectivity index (χ0n) is 16.0. The van der Waals surface area contributed by atoms with E-state index in [-0.39, 0.29) is 24.3 Å². The molecule has 0 unspecified atom stereocenters. The summed E-state index contributed by atoms with van der Waals surface area (Å²) in [6.45, 7) is 1.99. The summed E-state index contributed by atoms with van der Waals surface area (Å²) in [4.78, 5) is 27.6. The molecule has 0 spiro atoms. The van der Waals surface area contributed by atoms with Gasteiger partial charge in [-0.05, 0) is 38.3 Å². The zero-order valence-corrected chi connectivity index (χ0v) is 16.8. The lowest BCUT2D eigenvalue weighted by atomic mass is 9.93. The summed E-state index contributed by atoms with van der Waals surface area (Å²) in [6.07, 6.45) is 5.37. The molecule has 7 heteroatoms. The molecule has 0 aromatic heterocycles. The first kappa shape index (κ1) is 21.5. The second-order valence-corrected chi connectivity index (χ2v) is 7.44. The molecule has 3 amide bonds. The summed E-state index contributed by atoms with van der Waals surface area (Å²) in [5.74, 6) is 0.0967. The Morgan fingerprint density at radius 1 is 1.11 bits per heavy atom. The van der Waals surface area contributed by atoms with Crippen LogP contribution in [0.1, 0.15) is 44.1 Å². The van der Waals surface area contributed by atoms with Crippen molar-refractivity contribution in [3.05, 3.63) is 35.9 Å². The number of benzene rings is 1. The number of nitrogens with zero attached hydrogens (tertiary/aromatic N) is 1. The smallest absolute Gasteiger partial charge is 0.315 e. The van der Waals surface area contributed by atoms with Crippen LogP contribution in [0.25, 0.3) is 0 Å². The van der Waals surface area contributed by atoms with Crippen LogP contribution < -0.4 is 16.0 Å². The van der Waals surface area contributed by atoms with Crippen molar-refractivity contribution >= 4 is 24.3 Å². The molecule has 0 bridgehead atoms. The van der Waals surface area contributed by atoms with Gasteiger partial charge in [0, 0.05) is 25.7 Å². The first-order valence-corrected chi connectivity index (χ1v) is 9.69. The first-order valence-electron chi connectivity index (χ1n) is 9.69. The number of carbonyl (C=O) groups is 2. The lowest BCUT2D eigenvalue weighted by Gasteiger charge is -2.38. The standard InChI is InChI=1S/C20H30N4O2.ClH/c1-21-17-9-13-24(14-10-17)18(25)20(11-5-6-12-20)23-19(26)22-15-16-7-3-2-4-8-16;/h2-4,7-8,17,21H,5-6,9-15H2,1H3,(H2,22,23,26);1H. The quantitative estimate of drug-likeness (QED) is 0.718. The van der Waals surface area contributed by atoms with Crippen molar-refractivity contribution in [2.24, 2.45) is 0 Å². The molecule has 3 rings (SSSR count). The second kappa shape index (κ2) is 9.95. The van der Waals surface area contributed by atoms with Gasteiger partial charge in [-0.15, -0.1) is 12.4 Å². The lowest BCUT2D eigenvalue weighted by Crippen LogP contribution is -2.61. The number of hydrogen-bond donors (Lipinski definition) is 3. The highest BCUT2D eigenvalue weighted by Gasteiger charge is 2.45. The number of likely N-dealkylation sites (tertiary alicyclic amines) is 1. The van der Waals surface area contributed by atoms with Crippen molar-refractivity contribution in [2.75, 3.05) is 20.1 Å². The fourth-order valence-electron chi connectivity index (χ4n) is 4.08. The second-order valence-electron chi connectivity index (χ2n) is 7.44. The SMILES string of the molecule is CNC1CCN(C(=O)C2(NC(=O)NCc3ccccc3)CCCC2)CC1.Cl. The van der Waals surface area contributed by atoms with E-state index in [0.717, 1.165) is 57.2 Å². The van der Waals surface area contributed by atoms with E-state index in [4.69, 9.17) is 0 Å². The van der Waals surface area contributed by atoms with Gasteiger partial charge in [0.2, 0.25) is 5.91 Å². The van der Waals surface area contributed by atoms with Crippen LogP contribution in [0.3, 0.4) is 0 Å². The van der Waals surface area contributed by atoms with Crippen molar-refractivity contribution < 1.29 is 9.59 Å². The molecule has 1 aliphatic carbocycles. The minimum atomic E-state index is -0.729. The zero-order chi connectivity index (χ0) is 18.4. The molecule has 0 radical (unpaired) electrons. The molecule has 1 aromatic rings. The summed E-state index contributed by atoms with van der Waals surface area (Å²) >= 11 is 0. The molecule has 1 heterocycles. The van der Waals surface area contributed by atoms with Crippen LogP contribution in [0.2, 0.25) is 0 Å². The van der Waals surface area contributed by atoms with Gasteiger partial charge in [0.1, 0.15) is 5.54 Å². The van der Waals surface area contributed by atoms with Crippen LogP contribution in [0, 0.1) is 0 Å². The third-order valence-corrected chi connectivity index (χ3v) is 5.71. The molecule has 6 nitrogen and oxygen atoms in total. The van der Waals surface area contributed by atoms with E-state index in [1.807, 2.05) is 42.3 Å². The normalized spacial score (nSPS) is 19.2. The number of piperidine rings is 1. The monoisotopic (exact) mass is 394 g/mol. The van der Waals surface area contributed by atoms with E-state index in [1.54, 1.807) is 0 Å². The van der Waals surface area contributed by atoms with Crippen LogP contribution in [0.15, 0.2) is 30.3 Å². The predicted octanol–water partition coefficient (Wildman–Crippen LogP) is 2.43. The van der Waals surface area contributed by atoms with Gasteiger partial charge in [0.15, 0.2) is 0 Å². The van der Waals surface area contributed by atoms with Crippen molar-refractivity contribution in [1.29, 1.82) is 0 Å². The van der Waals surface area contributed by atoms with Crippen molar-refractivity contribution in [3.63, 3.8) is 0 Å². The average molecular weight is 395 g/mol. The summed E-state index contributed by atoms with van der Waals surface area (Å²) in [7, 11) is 1.97. The summed E-state index contributed by atoms with van der Waals surface area (Å²) in [5, 5.41) is 9.21. The van der Waals surface area contributed by atoms with Crippen molar-refractivity contribution in [1.82, 2.24) is 20.9 Å². The maximum absolute atomic E-state index is 13.2. The number of rotatable bonds is 5. The van der Waals surface area contributed by atoms with Gasteiger partial charge in [-0.3, -0.25) is 4.79 Å². The maximum atomic E-state index is 13.2. The van der Waals surface area contributed by atoms with Crippen LogP contribution in [0.5, 0.6) is 0 Å². The molecule has 150 valence electrons. The number of urea groups is 1. The molecule has 0 atom stereocenters. The van der Waals surface area contributed by atoms with Gasteiger partial charge in [-0.1, -0.05) is 43.2 Å². The van der Waals surface area contributed by atoms with Gasteiger partial charge >= 0.3 is 6.03 Å². The lowest BCUT2D eigenvalue weighted by molar-refractivity contribution is -0.139. The van der Waals surface area contributed by atoms with E-state index in [1.165, 1.54) is 0 Å². The van der Waals surface area contributed by atoms with Gasteiger partial charge in [0.25, 0.3) is 0 Å². The Labute approximate surface area is 167 Å². The number of nitrogens with one attached hydrogen (secondary N) is 3. The first-order chi connectivity index (χ1) is 12.6. The Balaban J connectivity index is 0.00000261. The highest BCUT2D eigenvalue weighted by molar-refractivity contribution is 5.91. The van der Waals surface area contributed by atoms with Crippen LogP contribution >= 0.6 is 12.4 Å². The fraction of sp³-hybridized carbons (Fsp3) is 0.600. The van der Waals surface area contributed by atoms with E-state index >= 15 is 0 Å². The summed E-state index contributed by atoms with van der Waals surface area (Å²) < 4.78 is 0. The number of hydrogen-bond acceptors (Lipinski definition) is 3. The number of halogens is 1. The highest BCUT2D eigenvalue weighted by Crippen LogP contribution is 2.32. The summed E-state index contributed by atoms with van der Waals surface area (Å²) in [5.41, 5.74) is 0.316. The van der Waals surface area contributed by atoms with Crippen molar-refractivity contribution in [3.8, 4) is 0 Å². The minimum Gasteiger partial charge on any atom is -0.341 e. The third kappa shape index (κ3) is 5.36. The van der Waals surface area contributed by atoms with Gasteiger partial charge in [-0.2, -0.15) is 0 Å². The molecule has 3 N–H and O–H groups in total. The highest BCUT2D eigenvalue weighted by atomic mass is 35.5. The van der Waals surface area contributed by atoms with Crippen LogP contribution in [0.4, 0.5) is 4.79 Å². The molecule has 27 heavy (non-hydrogen) atoms. The minimum absolute atomic E-state index is 0. The van der Waals surface area contributed by atoms with Gasteiger partial charge < -0.3 is 20.9 Å². The fourth-order valence-corrected chi connectivity index (χ4v) is 4.08. The molecule has 1 aromatic carbocycles. The van der Waals surface area contributed by atoms with E-state index in [2.05, 4.69) is 16.0 Å². The van der Waals surface area contributed by atoms with Gasteiger partial charge in [0.05, 0.1) is 0 Å². The topological polar surface area (TPSA) is 73.5 Å². The van der Waals surface area contributed by atoms with E-state index in [9.17, 15) is 9.59 Å². The summed E-state index contributed by atoms with van der Waals surface area (Å²) in [6, 6.07) is 10.0. The van der Waals surface area contributed by atoms with Gasteiger partial charge in [-0.25, -0.2) is 4.79 Å². The number of amides is 3. The Hall–Kier alpha value is -1.79. The largest absolute Gasteiger partial charge is 0.341 e. The average Bonchev–Trinajstić information content (AvgIpc) is 3.16. The Morgan fingerprint density at radius 3 is 2.33 bits per heavy atom. The number of carbonyl (C=O) groups excluding carboxylic acids is 2. The van der Waals surface area contributed by atoms with E-state index < -0.39 is 5.54 Å². The van der Waals surface area contributed by atoms with Crippen molar-refractivity contribution in [2.45, 2.75) is 56.7 Å². The molecule has 1 saturated carbocycles. The van der Waals surface area contributed by atoms with Crippen LogP contribution in [-0.4, -0.2) is 48.6 Å². The Kier molecular flexibility index (Phi) is 7.92. The maximum Gasteiger partial charge on any atom is 0.315 e. The molecule has 2 aliphatic rings. The third-order valence-electron chi connectivity index (χ3n) is 5.71. The molecule has 1 saturated heterocycles. The molecule has 2 fully saturated rings. The molecule has 1 aliphatic heterocycles. The molecular weight excluding hydrogens is 364 g/mol. The Morgan fingerprint density at radius 2 is 1.74 bits per heavy atom.